The third kappa shape index (κ3) is 4.63. The predicted octanol–water partition coefficient (Wildman–Crippen LogP) is 3.10. The molecule has 0 unspecified atom stereocenters. The average molecular weight is 322 g/mol. The van der Waals surface area contributed by atoms with E-state index >= 15 is 0 Å². The Balaban J connectivity index is 3.08. The van der Waals surface area contributed by atoms with E-state index in [0.717, 1.165) is 12.1 Å². The zero-order chi connectivity index (χ0) is 17.6. The summed E-state index contributed by atoms with van der Waals surface area (Å²) in [5.74, 6) is -0.992. The number of imide groups is 1. The monoisotopic (exact) mass is 322 g/mol. The SMILES string of the molecule is CC/C=C(\C)C(=O)OC(=O)N(C(=O)O)c1cccc([N+](=O)[O-])c1. The Bertz CT molecular complexity index is 681. The molecule has 0 aliphatic rings. The molecule has 0 heterocycles. The normalized spacial score (nSPS) is 10.8. The number of carbonyl (C=O) groups is 3. The van der Waals surface area contributed by atoms with Crippen molar-refractivity contribution in [2.45, 2.75) is 20.3 Å². The van der Waals surface area contributed by atoms with Crippen molar-refractivity contribution in [3.8, 4) is 0 Å². The molecule has 0 atom stereocenters. The third-order valence-corrected chi connectivity index (χ3v) is 2.68. The number of benzene rings is 1. The number of non-ortho nitro benzene ring substituents is 1. The summed E-state index contributed by atoms with van der Waals surface area (Å²) in [6.07, 6.45) is -1.16. The molecule has 9 nitrogen and oxygen atoms in total. The van der Waals surface area contributed by atoms with Crippen LogP contribution in [0.15, 0.2) is 35.9 Å². The van der Waals surface area contributed by atoms with Crippen molar-refractivity contribution in [1.82, 2.24) is 0 Å². The topological polar surface area (TPSA) is 127 Å². The highest BCUT2D eigenvalue weighted by Crippen LogP contribution is 2.22. The van der Waals surface area contributed by atoms with Crippen molar-refractivity contribution < 1.29 is 29.2 Å². The minimum absolute atomic E-state index is 0.115. The number of rotatable bonds is 4. The van der Waals surface area contributed by atoms with Gasteiger partial charge in [-0.05, 0) is 19.4 Å². The summed E-state index contributed by atoms with van der Waals surface area (Å²) < 4.78 is 4.47. The van der Waals surface area contributed by atoms with Gasteiger partial charge in [-0.25, -0.2) is 14.4 Å². The number of hydrogen-bond donors (Lipinski definition) is 1. The molecule has 0 fully saturated rings. The highest BCUT2D eigenvalue weighted by molar-refractivity contribution is 6.12. The van der Waals surface area contributed by atoms with Gasteiger partial charge in [-0.15, -0.1) is 0 Å². The molecule has 0 aromatic heterocycles. The number of hydrogen-bond acceptors (Lipinski definition) is 6. The molecule has 0 spiro atoms. The molecule has 0 aliphatic heterocycles. The zero-order valence-corrected chi connectivity index (χ0v) is 12.4. The van der Waals surface area contributed by atoms with Crippen LogP contribution in [0.2, 0.25) is 0 Å². The largest absolute Gasteiger partial charge is 0.464 e. The van der Waals surface area contributed by atoms with Gasteiger partial charge in [0.15, 0.2) is 0 Å². The van der Waals surface area contributed by atoms with Crippen LogP contribution in [0.5, 0.6) is 0 Å². The van der Waals surface area contributed by atoms with Crippen LogP contribution in [0.25, 0.3) is 0 Å². The van der Waals surface area contributed by atoms with E-state index in [1.54, 1.807) is 6.92 Å². The second kappa shape index (κ2) is 7.69. The summed E-state index contributed by atoms with van der Waals surface area (Å²) in [7, 11) is 0. The molecule has 0 aliphatic carbocycles. The van der Waals surface area contributed by atoms with Crippen LogP contribution in [-0.2, 0) is 9.53 Å². The number of allylic oxidation sites excluding steroid dienone is 1. The van der Waals surface area contributed by atoms with E-state index in [1.165, 1.54) is 25.1 Å². The lowest BCUT2D eigenvalue weighted by Gasteiger charge is -2.16. The van der Waals surface area contributed by atoms with Crippen molar-refractivity contribution >= 4 is 29.5 Å². The predicted molar refractivity (Wildman–Crippen MR) is 79.1 cm³/mol. The van der Waals surface area contributed by atoms with Gasteiger partial charge in [-0.1, -0.05) is 19.1 Å². The standard InChI is InChI=1S/C14H14N2O7/c1-3-5-9(2)12(17)23-14(20)15(13(18)19)10-6-4-7-11(8-10)16(21)22/h4-8H,3H2,1-2H3,(H,18,19)/b9-5+. The lowest BCUT2D eigenvalue weighted by atomic mass is 10.2. The molecule has 0 saturated carbocycles. The minimum atomic E-state index is -1.74. The van der Waals surface area contributed by atoms with E-state index in [2.05, 4.69) is 4.74 Å². The maximum atomic E-state index is 11.9. The van der Waals surface area contributed by atoms with Gasteiger partial charge in [0, 0.05) is 17.7 Å². The molecule has 23 heavy (non-hydrogen) atoms. The fourth-order valence-electron chi connectivity index (χ4n) is 1.63. The molecule has 1 aromatic carbocycles. The van der Waals surface area contributed by atoms with Crippen molar-refractivity contribution in [3.63, 3.8) is 0 Å². The van der Waals surface area contributed by atoms with E-state index < -0.39 is 28.8 Å². The zero-order valence-electron chi connectivity index (χ0n) is 12.4. The first kappa shape index (κ1) is 17.8. The van der Waals surface area contributed by atoms with E-state index in [-0.39, 0.29) is 16.2 Å². The second-order valence-electron chi connectivity index (χ2n) is 4.35. The van der Waals surface area contributed by atoms with E-state index in [9.17, 15) is 24.5 Å². The number of ether oxygens (including phenoxy) is 1. The third-order valence-electron chi connectivity index (χ3n) is 2.68. The first-order valence-corrected chi connectivity index (χ1v) is 6.48. The van der Waals surface area contributed by atoms with Crippen LogP contribution in [0.4, 0.5) is 21.0 Å². The van der Waals surface area contributed by atoms with Crippen LogP contribution in [-0.4, -0.2) is 28.2 Å². The summed E-state index contributed by atoms with van der Waals surface area (Å²) >= 11 is 0. The molecule has 0 saturated heterocycles. The fourth-order valence-corrected chi connectivity index (χ4v) is 1.63. The Labute approximate surface area is 130 Å². The Morgan fingerprint density at radius 3 is 2.57 bits per heavy atom. The maximum absolute atomic E-state index is 11.9. The molecule has 1 rings (SSSR count). The number of esters is 1. The lowest BCUT2D eigenvalue weighted by molar-refractivity contribution is -0.384. The molecule has 0 bridgehead atoms. The number of nitrogens with zero attached hydrogens (tertiary/aromatic N) is 2. The molecular formula is C14H14N2O7. The number of anilines is 1. The molecule has 0 radical (unpaired) electrons. The first-order valence-electron chi connectivity index (χ1n) is 6.48. The quantitative estimate of drug-likeness (QED) is 0.296. The molecule has 9 heteroatoms. The summed E-state index contributed by atoms with van der Waals surface area (Å²) in [6, 6.07) is 4.39. The van der Waals surface area contributed by atoms with Crippen LogP contribution < -0.4 is 4.90 Å². The minimum Gasteiger partial charge on any atom is -0.464 e. The average Bonchev–Trinajstić information content (AvgIpc) is 2.47. The Morgan fingerprint density at radius 2 is 2.04 bits per heavy atom. The van der Waals surface area contributed by atoms with E-state index in [4.69, 9.17) is 5.11 Å². The van der Waals surface area contributed by atoms with Gasteiger partial charge in [-0.2, -0.15) is 4.90 Å². The summed E-state index contributed by atoms with van der Waals surface area (Å²) in [5, 5.41) is 19.8. The van der Waals surface area contributed by atoms with Crippen LogP contribution in [0.1, 0.15) is 20.3 Å². The number of carboxylic acid groups (broad SMARTS) is 1. The first-order chi connectivity index (χ1) is 10.8. The highest BCUT2D eigenvalue weighted by atomic mass is 16.6. The summed E-state index contributed by atoms with van der Waals surface area (Å²) in [6.45, 7) is 3.18. The Morgan fingerprint density at radius 1 is 1.39 bits per heavy atom. The Hall–Kier alpha value is -3.23. The summed E-state index contributed by atoms with van der Waals surface area (Å²) in [5.41, 5.74) is -0.568. The van der Waals surface area contributed by atoms with Crippen molar-refractivity contribution in [2.24, 2.45) is 0 Å². The number of amides is 2. The number of nitro groups is 1. The van der Waals surface area contributed by atoms with Gasteiger partial charge >= 0.3 is 18.2 Å². The summed E-state index contributed by atoms with van der Waals surface area (Å²) in [4.78, 5) is 44.8. The van der Waals surface area contributed by atoms with Crippen LogP contribution in [0.3, 0.4) is 0 Å². The van der Waals surface area contributed by atoms with Gasteiger partial charge in [0.2, 0.25) is 0 Å². The highest BCUT2D eigenvalue weighted by Gasteiger charge is 2.28. The van der Waals surface area contributed by atoms with Crippen LogP contribution >= 0.6 is 0 Å². The number of nitro benzene ring substituents is 1. The molecule has 122 valence electrons. The van der Waals surface area contributed by atoms with E-state index in [1.807, 2.05) is 0 Å². The van der Waals surface area contributed by atoms with Gasteiger partial charge in [0.25, 0.3) is 5.69 Å². The molecular weight excluding hydrogens is 308 g/mol. The van der Waals surface area contributed by atoms with Gasteiger partial charge in [-0.3, -0.25) is 10.1 Å². The van der Waals surface area contributed by atoms with E-state index in [0.29, 0.717) is 6.42 Å². The van der Waals surface area contributed by atoms with Crippen molar-refractivity contribution in [3.05, 3.63) is 46.0 Å². The second-order valence-corrected chi connectivity index (χ2v) is 4.35. The molecule has 1 aromatic rings. The van der Waals surface area contributed by atoms with Crippen LogP contribution in [0, 0.1) is 10.1 Å². The molecule has 1 N–H and O–H groups in total. The smallest absolute Gasteiger partial charge is 0.432 e. The molecule has 2 amide bonds. The van der Waals surface area contributed by atoms with Gasteiger partial charge in [0.1, 0.15) is 0 Å². The van der Waals surface area contributed by atoms with Crippen molar-refractivity contribution in [1.29, 1.82) is 0 Å². The maximum Gasteiger partial charge on any atom is 0.432 e. The van der Waals surface area contributed by atoms with Crippen molar-refractivity contribution in [2.75, 3.05) is 4.90 Å². The Kier molecular flexibility index (Phi) is 5.95. The van der Waals surface area contributed by atoms with Gasteiger partial charge in [0.05, 0.1) is 10.6 Å². The van der Waals surface area contributed by atoms with Gasteiger partial charge < -0.3 is 9.84 Å². The lowest BCUT2D eigenvalue weighted by Crippen LogP contribution is -2.37. The number of carbonyl (C=O) groups excluding carboxylic acids is 2. The fraction of sp³-hybridized carbons (Fsp3) is 0.214.